The molecule has 4 N–H and O–H groups in total. The number of rotatable bonds is 1. The zero-order valence-electron chi connectivity index (χ0n) is 8.14. The van der Waals surface area contributed by atoms with Gasteiger partial charge in [-0.2, -0.15) is 8.42 Å². The first-order valence-electron chi connectivity index (χ1n) is 3.98. The maximum atomic E-state index is 10.6. The molecule has 1 unspecified atom stereocenters. The van der Waals surface area contributed by atoms with Gasteiger partial charge in [0.05, 0.1) is 10.5 Å². The monoisotopic (exact) mass is 221 g/mol. The van der Waals surface area contributed by atoms with Crippen molar-refractivity contribution in [1.82, 2.24) is 0 Å². The molecule has 0 amide bonds. The minimum Gasteiger partial charge on any atom is -0.386 e. The Hall–Kier alpha value is -0.690. The second-order valence-electron chi connectivity index (χ2n) is 2.98. The van der Waals surface area contributed by atoms with Crippen LogP contribution in [0.3, 0.4) is 0 Å². The fourth-order valence-corrected chi connectivity index (χ4v) is 1.43. The maximum absolute atomic E-state index is 10.6. The molecule has 1 rings (SSSR count). The molecular weight excluding hydrogens is 206 g/mol. The van der Waals surface area contributed by atoms with Crippen LogP contribution in [-0.2, 0) is 10.1 Å². The predicted molar refractivity (Wildman–Crippen MR) is 54.1 cm³/mol. The average Bonchev–Trinajstić information content (AvgIpc) is 2.05. The van der Waals surface area contributed by atoms with Crippen LogP contribution in [0.2, 0.25) is 0 Å². The van der Waals surface area contributed by atoms with Crippen LogP contribution in [0.1, 0.15) is 13.3 Å². The summed E-state index contributed by atoms with van der Waals surface area (Å²) in [7, 11) is -2.61. The van der Waals surface area contributed by atoms with E-state index in [9.17, 15) is 13.5 Å². The molecule has 0 aromatic rings. The van der Waals surface area contributed by atoms with Crippen LogP contribution in [-0.4, -0.2) is 30.7 Å². The van der Waals surface area contributed by atoms with Crippen molar-refractivity contribution in [2.45, 2.75) is 18.9 Å². The summed E-state index contributed by atoms with van der Waals surface area (Å²) >= 11 is 0. The Labute approximate surface area is 83.7 Å². The molecule has 0 aromatic heterocycles. The van der Waals surface area contributed by atoms with Crippen molar-refractivity contribution in [3.63, 3.8) is 0 Å². The molecule has 0 bridgehead atoms. The van der Waals surface area contributed by atoms with Crippen LogP contribution >= 0.6 is 0 Å². The summed E-state index contributed by atoms with van der Waals surface area (Å²) in [6.07, 6.45) is 4.02. The van der Waals surface area contributed by atoms with Gasteiger partial charge < -0.3 is 10.8 Å². The molecular formula is C8H15NO4S. The topological polar surface area (TPSA) is 101 Å². The second-order valence-corrected chi connectivity index (χ2v) is 4.40. The maximum Gasteiger partial charge on any atom is 0.294 e. The van der Waals surface area contributed by atoms with E-state index in [4.69, 9.17) is 4.55 Å². The molecule has 1 aliphatic rings. The lowest BCUT2D eigenvalue weighted by Crippen LogP contribution is -2.22. The molecule has 0 aliphatic heterocycles. The Morgan fingerprint density at radius 3 is 2.29 bits per heavy atom. The van der Waals surface area contributed by atoms with Crippen LogP contribution in [0.4, 0.5) is 0 Å². The van der Waals surface area contributed by atoms with Gasteiger partial charge in [0, 0.05) is 0 Å². The van der Waals surface area contributed by atoms with E-state index < -0.39 is 15.7 Å². The third-order valence-electron chi connectivity index (χ3n) is 1.62. The highest BCUT2D eigenvalue weighted by atomic mass is 32.2. The summed E-state index contributed by atoms with van der Waals surface area (Å²) in [5.41, 5.74) is 3.49. The highest BCUT2D eigenvalue weighted by molar-refractivity contribution is 7.90. The van der Waals surface area contributed by atoms with Gasteiger partial charge in [-0.25, -0.2) is 0 Å². The largest absolute Gasteiger partial charge is 0.386 e. The van der Waals surface area contributed by atoms with Gasteiger partial charge in [0.25, 0.3) is 10.1 Å². The zero-order valence-corrected chi connectivity index (χ0v) is 8.95. The third-order valence-corrected chi connectivity index (χ3v) is 2.52. The van der Waals surface area contributed by atoms with Crippen LogP contribution in [0.25, 0.3) is 0 Å². The summed E-state index contributed by atoms with van der Waals surface area (Å²) in [5, 5.41) is 9.35. The van der Waals surface area contributed by atoms with Gasteiger partial charge in [0.2, 0.25) is 0 Å². The molecule has 0 aromatic carbocycles. The molecule has 0 radical (unpaired) electrons. The van der Waals surface area contributed by atoms with E-state index in [0.29, 0.717) is 0 Å². The molecule has 82 valence electrons. The number of allylic oxidation sites excluding steroid dienone is 1. The second kappa shape index (κ2) is 4.70. The Morgan fingerprint density at radius 1 is 1.50 bits per heavy atom. The lowest BCUT2D eigenvalue weighted by Gasteiger charge is -2.20. The summed E-state index contributed by atoms with van der Waals surface area (Å²) in [4.78, 5) is -0.158. The smallest absolute Gasteiger partial charge is 0.294 e. The van der Waals surface area contributed by atoms with Crippen molar-refractivity contribution in [1.29, 1.82) is 0 Å². The minimum absolute atomic E-state index is 0.158. The highest BCUT2D eigenvalue weighted by Gasteiger charge is 2.22. The lowest BCUT2D eigenvalue weighted by atomic mass is 9.98. The van der Waals surface area contributed by atoms with Crippen molar-refractivity contribution in [2.75, 3.05) is 7.05 Å². The summed E-state index contributed by atoms with van der Waals surface area (Å²) in [6.45, 7) is 1.56. The van der Waals surface area contributed by atoms with E-state index in [1.54, 1.807) is 6.92 Å². The predicted octanol–water partition coefficient (Wildman–Crippen LogP) is 0.0439. The molecule has 14 heavy (non-hydrogen) atoms. The Bertz CT molecular complexity index is 340. The fourth-order valence-electron chi connectivity index (χ4n) is 0.896. The van der Waals surface area contributed by atoms with Crippen LogP contribution in [0.5, 0.6) is 0 Å². The first-order chi connectivity index (χ1) is 6.31. The van der Waals surface area contributed by atoms with Crippen molar-refractivity contribution >= 4 is 10.1 Å². The van der Waals surface area contributed by atoms with Gasteiger partial charge in [0.1, 0.15) is 0 Å². The molecule has 6 heteroatoms. The number of hydrogen-bond donors (Lipinski definition) is 3. The summed E-state index contributed by atoms with van der Waals surface area (Å²) < 4.78 is 29.7. The molecule has 0 spiro atoms. The highest BCUT2D eigenvalue weighted by Crippen LogP contribution is 2.22. The van der Waals surface area contributed by atoms with E-state index >= 15 is 0 Å². The van der Waals surface area contributed by atoms with Gasteiger partial charge in [0.15, 0.2) is 0 Å². The van der Waals surface area contributed by atoms with Crippen molar-refractivity contribution < 1.29 is 18.1 Å². The lowest BCUT2D eigenvalue weighted by molar-refractivity contribution is 0.114. The standard InChI is InChI=1S/C7H10O4S.CH5N/c1-7(8)4-2-6(3-5-7)12(9,10)11;1-2/h2-4,8H,5H2,1H3,(H,9,10,11);2H2,1H3. The number of aliphatic hydroxyl groups is 1. The quantitative estimate of drug-likeness (QED) is 0.543. The molecule has 1 aliphatic carbocycles. The van der Waals surface area contributed by atoms with E-state index in [1.807, 2.05) is 0 Å². The molecule has 5 nitrogen and oxygen atoms in total. The van der Waals surface area contributed by atoms with Crippen LogP contribution in [0, 0.1) is 0 Å². The Balaban J connectivity index is 0.000000791. The molecule has 1 atom stereocenters. The average molecular weight is 221 g/mol. The molecule has 0 saturated carbocycles. The van der Waals surface area contributed by atoms with E-state index in [1.165, 1.54) is 25.3 Å². The Morgan fingerprint density at radius 2 is 2.00 bits per heavy atom. The van der Waals surface area contributed by atoms with Crippen molar-refractivity contribution in [2.24, 2.45) is 5.73 Å². The first kappa shape index (κ1) is 13.3. The molecule has 0 heterocycles. The first-order valence-corrected chi connectivity index (χ1v) is 5.42. The summed E-state index contributed by atoms with van der Waals surface area (Å²) in [6, 6.07) is 0. The molecule has 0 fully saturated rings. The van der Waals surface area contributed by atoms with Gasteiger partial charge in [-0.15, -0.1) is 0 Å². The van der Waals surface area contributed by atoms with Gasteiger partial charge in [-0.05, 0) is 26.5 Å². The molecule has 0 saturated heterocycles. The SMILES string of the molecule is CC1(O)C=CC(S(=O)(=O)O)=CC1.CN. The van der Waals surface area contributed by atoms with E-state index in [-0.39, 0.29) is 11.3 Å². The minimum atomic E-state index is -4.11. The number of nitrogens with two attached hydrogens (primary N) is 1. The Kier molecular flexibility index (Phi) is 4.47. The normalized spacial score (nSPS) is 26.2. The van der Waals surface area contributed by atoms with E-state index in [2.05, 4.69) is 5.73 Å². The zero-order chi connectivity index (χ0) is 11.4. The number of hydrogen-bond acceptors (Lipinski definition) is 4. The van der Waals surface area contributed by atoms with Crippen molar-refractivity contribution in [3.05, 3.63) is 23.1 Å². The van der Waals surface area contributed by atoms with Crippen LogP contribution in [0.15, 0.2) is 23.1 Å². The summed E-state index contributed by atoms with van der Waals surface area (Å²) in [5.74, 6) is 0. The fraction of sp³-hybridized carbons (Fsp3) is 0.500. The van der Waals surface area contributed by atoms with Gasteiger partial charge >= 0.3 is 0 Å². The third kappa shape index (κ3) is 4.01. The van der Waals surface area contributed by atoms with E-state index in [0.717, 1.165) is 0 Å². The van der Waals surface area contributed by atoms with Crippen LogP contribution < -0.4 is 5.73 Å². The van der Waals surface area contributed by atoms with Crippen molar-refractivity contribution in [3.8, 4) is 0 Å². The van der Waals surface area contributed by atoms with Gasteiger partial charge in [-0.1, -0.05) is 12.2 Å². The van der Waals surface area contributed by atoms with Gasteiger partial charge in [-0.3, -0.25) is 4.55 Å².